The summed E-state index contributed by atoms with van der Waals surface area (Å²) in [5, 5.41) is 42.1. The van der Waals surface area contributed by atoms with E-state index in [1.165, 1.54) is 12.5 Å². The van der Waals surface area contributed by atoms with Crippen molar-refractivity contribution in [2.24, 2.45) is 5.92 Å². The van der Waals surface area contributed by atoms with Gasteiger partial charge in [0.05, 0.1) is 0 Å². The lowest BCUT2D eigenvalue weighted by Crippen LogP contribution is -2.57. The van der Waals surface area contributed by atoms with Crippen LogP contribution in [0.2, 0.25) is 0 Å². The van der Waals surface area contributed by atoms with E-state index < -0.39 is 11.4 Å². The minimum Gasteiger partial charge on any atom is -0.504 e. The van der Waals surface area contributed by atoms with Crippen molar-refractivity contribution in [3.8, 4) is 28.7 Å². The molecular weight excluding hydrogens is 380 g/mol. The number of phenolic OH excluding ortho intramolecular Hbond substituents is 4. The number of fused-ring (bicyclic) bond motifs is 4. The minimum atomic E-state index is -0.844. The molecule has 2 unspecified atom stereocenters. The lowest BCUT2D eigenvalue weighted by molar-refractivity contribution is -0.0974. The summed E-state index contributed by atoms with van der Waals surface area (Å²) in [6.07, 6.45) is 9.23. The van der Waals surface area contributed by atoms with Gasteiger partial charge in [0.25, 0.3) is 0 Å². The van der Waals surface area contributed by atoms with E-state index in [4.69, 9.17) is 4.74 Å². The van der Waals surface area contributed by atoms with E-state index in [1.807, 2.05) is 13.0 Å². The fraction of sp³-hybridized carbons (Fsp3) is 0.520. The Bertz CT molecular complexity index is 992. The second kappa shape index (κ2) is 6.73. The van der Waals surface area contributed by atoms with E-state index in [0.29, 0.717) is 17.7 Å². The highest BCUT2D eigenvalue weighted by Gasteiger charge is 2.60. The Balaban J connectivity index is 1.80. The minimum absolute atomic E-state index is 0.128. The van der Waals surface area contributed by atoms with Crippen LogP contribution in [0.1, 0.15) is 74.5 Å². The molecule has 0 saturated heterocycles. The van der Waals surface area contributed by atoms with Gasteiger partial charge in [-0.05, 0) is 56.7 Å². The molecule has 2 atom stereocenters. The van der Waals surface area contributed by atoms with Crippen LogP contribution in [-0.2, 0) is 11.0 Å². The second-order valence-corrected chi connectivity index (χ2v) is 9.44. The Hall–Kier alpha value is -2.56. The molecule has 0 amide bonds. The van der Waals surface area contributed by atoms with Gasteiger partial charge >= 0.3 is 0 Å². The van der Waals surface area contributed by atoms with Gasteiger partial charge in [0, 0.05) is 22.5 Å². The molecule has 4 N–H and O–H groups in total. The molecule has 2 aromatic rings. The van der Waals surface area contributed by atoms with E-state index in [2.05, 4.69) is 6.07 Å². The number of aryl methyl sites for hydroxylation is 1. The molecule has 2 aliphatic carbocycles. The molecule has 1 aliphatic heterocycles. The third kappa shape index (κ3) is 2.47. The maximum Gasteiger partial charge on any atom is 0.200 e. The smallest absolute Gasteiger partial charge is 0.200 e. The molecule has 2 fully saturated rings. The lowest BCUT2D eigenvalue weighted by Gasteiger charge is -2.58. The largest absolute Gasteiger partial charge is 0.504 e. The third-order valence-electron chi connectivity index (χ3n) is 8.01. The predicted molar refractivity (Wildman–Crippen MR) is 113 cm³/mol. The number of ether oxygens (including phenoxy) is 1. The van der Waals surface area contributed by atoms with E-state index in [9.17, 15) is 20.4 Å². The number of benzene rings is 2. The zero-order valence-corrected chi connectivity index (χ0v) is 17.4. The van der Waals surface area contributed by atoms with Crippen molar-refractivity contribution in [2.75, 3.05) is 0 Å². The molecule has 2 aromatic carbocycles. The highest BCUT2D eigenvalue weighted by Crippen LogP contribution is 2.65. The van der Waals surface area contributed by atoms with Gasteiger partial charge in [0.15, 0.2) is 23.0 Å². The van der Waals surface area contributed by atoms with Crippen molar-refractivity contribution in [2.45, 2.75) is 75.7 Å². The molecule has 160 valence electrons. The van der Waals surface area contributed by atoms with Crippen LogP contribution >= 0.6 is 0 Å². The maximum atomic E-state index is 11.0. The maximum absolute atomic E-state index is 11.0. The van der Waals surface area contributed by atoms with Crippen LogP contribution in [-0.4, -0.2) is 20.4 Å². The van der Waals surface area contributed by atoms with Gasteiger partial charge in [-0.15, -0.1) is 0 Å². The van der Waals surface area contributed by atoms with E-state index >= 15 is 0 Å². The molecule has 0 bridgehead atoms. The molecule has 5 rings (SSSR count). The first kappa shape index (κ1) is 19.4. The van der Waals surface area contributed by atoms with E-state index in [1.54, 1.807) is 6.07 Å². The van der Waals surface area contributed by atoms with Crippen molar-refractivity contribution in [3.05, 3.63) is 41.0 Å². The first-order valence-corrected chi connectivity index (χ1v) is 11.2. The van der Waals surface area contributed by atoms with Gasteiger partial charge in [-0.2, -0.15) is 0 Å². The molecule has 1 heterocycles. The fourth-order valence-electron chi connectivity index (χ4n) is 6.61. The van der Waals surface area contributed by atoms with Crippen LogP contribution < -0.4 is 4.74 Å². The van der Waals surface area contributed by atoms with Gasteiger partial charge in [-0.25, -0.2) is 0 Å². The average Bonchev–Trinajstić information content (AvgIpc) is 2.76. The Morgan fingerprint density at radius 3 is 2.23 bits per heavy atom. The highest BCUT2D eigenvalue weighted by molar-refractivity contribution is 5.60. The summed E-state index contributed by atoms with van der Waals surface area (Å²) in [6, 6.07) is 7.21. The Morgan fingerprint density at radius 2 is 1.47 bits per heavy atom. The number of aromatic hydroxyl groups is 4. The Morgan fingerprint density at radius 1 is 0.767 bits per heavy atom. The summed E-state index contributed by atoms with van der Waals surface area (Å²) in [7, 11) is 0. The SMILES string of the molecule is Cc1ccc2c(c1O)OC1(c3ccc(O)c(O)c3O)CCCCC1C21CCCCC1. The van der Waals surface area contributed by atoms with Crippen molar-refractivity contribution in [1.29, 1.82) is 0 Å². The average molecular weight is 411 g/mol. The summed E-state index contributed by atoms with van der Waals surface area (Å²) in [5.41, 5.74) is 1.40. The van der Waals surface area contributed by atoms with Crippen LogP contribution in [0.5, 0.6) is 28.7 Å². The molecule has 0 radical (unpaired) electrons. The molecular formula is C25H30O5. The zero-order chi connectivity index (χ0) is 21.1. The summed E-state index contributed by atoms with van der Waals surface area (Å²) in [5.74, 6) is -0.341. The number of rotatable bonds is 1. The summed E-state index contributed by atoms with van der Waals surface area (Å²) in [6.45, 7) is 1.87. The van der Waals surface area contributed by atoms with Crippen LogP contribution in [0.3, 0.4) is 0 Å². The molecule has 5 heteroatoms. The van der Waals surface area contributed by atoms with Gasteiger partial charge in [-0.1, -0.05) is 37.8 Å². The molecule has 0 aromatic heterocycles. The van der Waals surface area contributed by atoms with Gasteiger partial charge in [-0.3, -0.25) is 0 Å². The summed E-state index contributed by atoms with van der Waals surface area (Å²) in [4.78, 5) is 0. The van der Waals surface area contributed by atoms with Crippen LogP contribution in [0.4, 0.5) is 0 Å². The molecule has 3 aliphatic rings. The van der Waals surface area contributed by atoms with Crippen molar-refractivity contribution in [1.82, 2.24) is 0 Å². The lowest BCUT2D eigenvalue weighted by atomic mass is 9.51. The zero-order valence-electron chi connectivity index (χ0n) is 17.4. The topological polar surface area (TPSA) is 90.2 Å². The van der Waals surface area contributed by atoms with Crippen molar-refractivity contribution in [3.63, 3.8) is 0 Å². The number of hydrogen-bond acceptors (Lipinski definition) is 5. The van der Waals surface area contributed by atoms with Crippen molar-refractivity contribution >= 4 is 0 Å². The Kier molecular flexibility index (Phi) is 4.35. The molecule has 1 spiro atoms. The van der Waals surface area contributed by atoms with Gasteiger partial charge < -0.3 is 25.2 Å². The first-order valence-electron chi connectivity index (χ1n) is 11.2. The molecule has 30 heavy (non-hydrogen) atoms. The number of hydrogen-bond donors (Lipinski definition) is 4. The van der Waals surface area contributed by atoms with Crippen LogP contribution in [0.15, 0.2) is 24.3 Å². The number of phenols is 4. The Labute approximate surface area is 177 Å². The van der Waals surface area contributed by atoms with E-state index in [0.717, 1.165) is 56.1 Å². The highest BCUT2D eigenvalue weighted by atomic mass is 16.5. The summed E-state index contributed by atoms with van der Waals surface area (Å²) < 4.78 is 6.72. The standard InChI is InChI=1S/C25H30O5/c1-15-8-9-17-23(20(15)27)30-25(16-10-11-18(26)22(29)21(16)28)14-6-3-7-19(25)24(17)12-4-2-5-13-24/h8-11,19,26-29H,2-7,12-14H2,1H3. The van der Waals surface area contributed by atoms with Gasteiger partial charge in [0.1, 0.15) is 5.60 Å². The second-order valence-electron chi connectivity index (χ2n) is 9.44. The van der Waals surface area contributed by atoms with Crippen molar-refractivity contribution < 1.29 is 25.2 Å². The normalized spacial score (nSPS) is 27.2. The predicted octanol–water partition coefficient (Wildman–Crippen LogP) is 5.50. The van der Waals surface area contributed by atoms with Crippen LogP contribution in [0.25, 0.3) is 0 Å². The third-order valence-corrected chi connectivity index (χ3v) is 8.01. The molecule has 2 saturated carbocycles. The fourth-order valence-corrected chi connectivity index (χ4v) is 6.61. The van der Waals surface area contributed by atoms with E-state index in [-0.39, 0.29) is 28.6 Å². The molecule has 5 nitrogen and oxygen atoms in total. The van der Waals surface area contributed by atoms with Crippen LogP contribution in [0, 0.1) is 12.8 Å². The monoisotopic (exact) mass is 410 g/mol. The summed E-state index contributed by atoms with van der Waals surface area (Å²) >= 11 is 0. The first-order chi connectivity index (χ1) is 14.4. The van der Waals surface area contributed by atoms with Gasteiger partial charge in [0.2, 0.25) is 5.75 Å². The quantitative estimate of drug-likeness (QED) is 0.466.